The largest absolute Gasteiger partial charge is 0.480 e. The highest BCUT2D eigenvalue weighted by Gasteiger charge is 2.87. The molecule has 0 aliphatic heterocycles. The van der Waals surface area contributed by atoms with Gasteiger partial charge >= 0.3 is 11.9 Å². The van der Waals surface area contributed by atoms with Gasteiger partial charge in [-0.15, -0.1) is 0 Å². The summed E-state index contributed by atoms with van der Waals surface area (Å²) in [5.41, 5.74) is -1.00. The lowest BCUT2D eigenvalue weighted by atomic mass is 9.99. The third-order valence-electron chi connectivity index (χ3n) is 4.31. The Bertz CT molecular complexity index is 493. The maximum absolute atomic E-state index is 11.2. The lowest BCUT2D eigenvalue weighted by Crippen LogP contribution is -2.28. The van der Waals surface area contributed by atoms with Gasteiger partial charge < -0.3 is 10.2 Å². The molecule has 0 heterocycles. The molecule has 2 aliphatic carbocycles. The molecule has 3 rings (SSSR count). The summed E-state index contributed by atoms with van der Waals surface area (Å²) in [6.45, 7) is 0. The number of aliphatic carboxylic acids is 2. The van der Waals surface area contributed by atoms with Crippen molar-refractivity contribution < 1.29 is 19.8 Å². The number of hydrogen-bond donors (Lipinski definition) is 2. The van der Waals surface area contributed by atoms with Crippen LogP contribution in [0.15, 0.2) is 30.3 Å². The van der Waals surface area contributed by atoms with E-state index in [1.54, 1.807) is 0 Å². The Morgan fingerprint density at radius 2 is 1.71 bits per heavy atom. The molecule has 2 N–H and O–H groups in total. The molecule has 2 atom stereocenters. The molecular formula is C13H12O4. The molecule has 88 valence electrons. The second-order valence-electron chi connectivity index (χ2n) is 5.02. The first-order chi connectivity index (χ1) is 8.04. The molecule has 1 aromatic carbocycles. The van der Waals surface area contributed by atoms with Crippen LogP contribution in [-0.2, 0) is 9.59 Å². The Labute approximate surface area is 97.9 Å². The summed E-state index contributed by atoms with van der Waals surface area (Å²) in [6, 6.07) is 9.56. The van der Waals surface area contributed by atoms with E-state index in [0.717, 1.165) is 5.56 Å². The average molecular weight is 232 g/mol. The summed E-state index contributed by atoms with van der Waals surface area (Å²) in [6.07, 6.45) is 0.944. The Balaban J connectivity index is 1.91. The first kappa shape index (κ1) is 10.3. The lowest BCUT2D eigenvalue weighted by Gasteiger charge is -2.06. The predicted octanol–water partition coefficient (Wildman–Crippen LogP) is 1.72. The van der Waals surface area contributed by atoms with E-state index in [9.17, 15) is 9.59 Å². The third-order valence-corrected chi connectivity index (χ3v) is 4.31. The molecule has 4 heteroatoms. The van der Waals surface area contributed by atoms with Crippen LogP contribution in [0.4, 0.5) is 0 Å². The van der Waals surface area contributed by atoms with Crippen molar-refractivity contribution in [1.82, 2.24) is 0 Å². The maximum Gasteiger partial charge on any atom is 0.321 e. The van der Waals surface area contributed by atoms with E-state index < -0.39 is 22.8 Å². The van der Waals surface area contributed by atoms with Crippen LogP contribution in [0.1, 0.15) is 24.3 Å². The lowest BCUT2D eigenvalue weighted by molar-refractivity contribution is -0.158. The molecule has 0 aromatic heterocycles. The summed E-state index contributed by atoms with van der Waals surface area (Å²) in [4.78, 5) is 22.4. The highest BCUT2D eigenvalue weighted by Crippen LogP contribution is 2.84. The molecule has 2 saturated carbocycles. The quantitative estimate of drug-likeness (QED) is 0.778. The number of rotatable bonds is 3. The fourth-order valence-corrected chi connectivity index (χ4v) is 3.19. The predicted molar refractivity (Wildman–Crippen MR) is 58.6 cm³/mol. The zero-order valence-corrected chi connectivity index (χ0v) is 9.09. The van der Waals surface area contributed by atoms with E-state index in [2.05, 4.69) is 0 Å². The normalized spacial score (nSPS) is 32.1. The fourth-order valence-electron chi connectivity index (χ4n) is 3.19. The van der Waals surface area contributed by atoms with Gasteiger partial charge in [-0.2, -0.15) is 0 Å². The fraction of sp³-hybridized carbons (Fsp3) is 0.385. The highest BCUT2D eigenvalue weighted by atomic mass is 16.4. The molecule has 2 aliphatic rings. The first-order valence-electron chi connectivity index (χ1n) is 5.56. The number of hydrogen-bond acceptors (Lipinski definition) is 2. The standard InChI is InChI=1S/C13H12O4/c14-10(15)13(11(16)17)7-12(13)6-9(12)8-4-2-1-3-5-8/h1-5,9H,6-7H2,(H,14,15)(H,16,17)/t9-,12+/m1/s1. The van der Waals surface area contributed by atoms with Crippen LogP contribution in [0, 0.1) is 10.8 Å². The topological polar surface area (TPSA) is 74.6 Å². The van der Waals surface area contributed by atoms with E-state index in [1.807, 2.05) is 30.3 Å². The van der Waals surface area contributed by atoms with Gasteiger partial charge in [-0.25, -0.2) is 0 Å². The van der Waals surface area contributed by atoms with Crippen molar-refractivity contribution >= 4 is 11.9 Å². The zero-order valence-electron chi connectivity index (χ0n) is 9.09. The molecule has 4 nitrogen and oxygen atoms in total. The number of carboxylic acids is 2. The Morgan fingerprint density at radius 3 is 2.18 bits per heavy atom. The summed E-state index contributed by atoms with van der Waals surface area (Å²) >= 11 is 0. The summed E-state index contributed by atoms with van der Waals surface area (Å²) in [7, 11) is 0. The van der Waals surface area contributed by atoms with Crippen LogP contribution in [0.25, 0.3) is 0 Å². The van der Waals surface area contributed by atoms with E-state index in [0.29, 0.717) is 6.42 Å². The van der Waals surface area contributed by atoms with Gasteiger partial charge in [0.15, 0.2) is 5.41 Å². The smallest absolute Gasteiger partial charge is 0.321 e. The van der Waals surface area contributed by atoms with Crippen LogP contribution in [-0.4, -0.2) is 22.2 Å². The molecule has 0 unspecified atom stereocenters. The minimum Gasteiger partial charge on any atom is -0.480 e. The Hall–Kier alpha value is -1.84. The van der Waals surface area contributed by atoms with Crippen LogP contribution in [0.5, 0.6) is 0 Å². The van der Waals surface area contributed by atoms with Gasteiger partial charge in [-0.3, -0.25) is 9.59 Å². The number of carboxylic acid groups (broad SMARTS) is 2. The van der Waals surface area contributed by atoms with E-state index in [4.69, 9.17) is 10.2 Å². The van der Waals surface area contributed by atoms with E-state index in [1.165, 1.54) is 0 Å². The Kier molecular flexibility index (Phi) is 1.75. The van der Waals surface area contributed by atoms with Gasteiger partial charge in [0, 0.05) is 5.41 Å². The first-order valence-corrected chi connectivity index (χ1v) is 5.56. The summed E-state index contributed by atoms with van der Waals surface area (Å²) in [5.74, 6) is -2.29. The van der Waals surface area contributed by atoms with Crippen molar-refractivity contribution in [3.05, 3.63) is 35.9 Å². The van der Waals surface area contributed by atoms with Crippen LogP contribution in [0.3, 0.4) is 0 Å². The van der Waals surface area contributed by atoms with Crippen molar-refractivity contribution in [3.63, 3.8) is 0 Å². The van der Waals surface area contributed by atoms with Crippen LogP contribution >= 0.6 is 0 Å². The monoisotopic (exact) mass is 232 g/mol. The molecule has 1 aromatic rings. The van der Waals surface area contributed by atoms with Crippen LogP contribution < -0.4 is 0 Å². The van der Waals surface area contributed by atoms with Gasteiger partial charge in [0.05, 0.1) is 0 Å². The van der Waals surface area contributed by atoms with Gasteiger partial charge in [-0.05, 0) is 24.3 Å². The SMILES string of the molecule is O=C(O)C1(C(=O)O)C[C@]12C[C@@H]2c1ccccc1. The Morgan fingerprint density at radius 1 is 1.12 bits per heavy atom. The minimum absolute atomic E-state index is 0.0934. The molecule has 0 amide bonds. The molecule has 0 saturated heterocycles. The van der Waals surface area contributed by atoms with Crippen molar-refractivity contribution in [1.29, 1.82) is 0 Å². The van der Waals surface area contributed by atoms with Crippen LogP contribution in [0.2, 0.25) is 0 Å². The maximum atomic E-state index is 11.2. The summed E-state index contributed by atoms with van der Waals surface area (Å²) in [5, 5.41) is 18.3. The molecule has 17 heavy (non-hydrogen) atoms. The van der Waals surface area contributed by atoms with Gasteiger partial charge in [0.1, 0.15) is 0 Å². The van der Waals surface area contributed by atoms with Gasteiger partial charge in [-0.1, -0.05) is 30.3 Å². The number of benzene rings is 1. The molecule has 0 bridgehead atoms. The second kappa shape index (κ2) is 2.88. The molecule has 1 spiro atoms. The van der Waals surface area contributed by atoms with Gasteiger partial charge in [0.25, 0.3) is 0 Å². The average Bonchev–Trinajstić information content (AvgIpc) is 3.18. The zero-order chi connectivity index (χ0) is 12.3. The number of carbonyl (C=O) groups is 2. The molecule has 2 fully saturated rings. The third kappa shape index (κ3) is 1.07. The van der Waals surface area contributed by atoms with E-state index in [-0.39, 0.29) is 12.3 Å². The van der Waals surface area contributed by atoms with E-state index >= 15 is 0 Å². The van der Waals surface area contributed by atoms with Crippen molar-refractivity contribution in [2.24, 2.45) is 10.8 Å². The second-order valence-corrected chi connectivity index (χ2v) is 5.02. The van der Waals surface area contributed by atoms with Gasteiger partial charge in [0.2, 0.25) is 0 Å². The molecular weight excluding hydrogens is 220 g/mol. The minimum atomic E-state index is -1.53. The van der Waals surface area contributed by atoms with Crippen molar-refractivity contribution in [2.75, 3.05) is 0 Å². The summed E-state index contributed by atoms with van der Waals surface area (Å²) < 4.78 is 0. The highest BCUT2D eigenvalue weighted by molar-refractivity contribution is 6.04. The molecule has 0 radical (unpaired) electrons. The van der Waals surface area contributed by atoms with Crippen molar-refractivity contribution in [2.45, 2.75) is 18.8 Å². The van der Waals surface area contributed by atoms with Crippen molar-refractivity contribution in [3.8, 4) is 0 Å².